The molecule has 2 aliphatic rings. The van der Waals surface area contributed by atoms with Crippen molar-refractivity contribution in [2.75, 3.05) is 5.32 Å². The molecule has 2 aromatic carbocycles. The van der Waals surface area contributed by atoms with E-state index >= 15 is 0 Å². The highest BCUT2D eigenvalue weighted by Crippen LogP contribution is 2.55. The minimum absolute atomic E-state index is 0.000242. The van der Waals surface area contributed by atoms with Gasteiger partial charge in [-0.15, -0.1) is 0 Å². The highest BCUT2D eigenvalue weighted by molar-refractivity contribution is 6.44. The van der Waals surface area contributed by atoms with Gasteiger partial charge in [0.15, 0.2) is 0 Å². The number of benzene rings is 2. The molecule has 26 heavy (non-hydrogen) atoms. The molecule has 0 aromatic heterocycles. The Morgan fingerprint density at radius 1 is 1.08 bits per heavy atom. The molecule has 0 saturated heterocycles. The Morgan fingerprint density at radius 2 is 1.85 bits per heavy atom. The van der Waals surface area contributed by atoms with Gasteiger partial charge in [0.2, 0.25) is 0 Å². The van der Waals surface area contributed by atoms with Crippen LogP contribution in [-0.4, -0.2) is 4.92 Å². The summed E-state index contributed by atoms with van der Waals surface area (Å²) in [7, 11) is 0. The van der Waals surface area contributed by atoms with Gasteiger partial charge in [-0.05, 0) is 24.5 Å². The van der Waals surface area contributed by atoms with Gasteiger partial charge in [0.05, 0.1) is 31.7 Å². The van der Waals surface area contributed by atoms with Crippen molar-refractivity contribution >= 4 is 57.8 Å². The first-order valence-electron chi connectivity index (χ1n) is 7.93. The van der Waals surface area contributed by atoms with E-state index in [4.69, 9.17) is 46.4 Å². The lowest BCUT2D eigenvalue weighted by molar-refractivity contribution is -0.384. The molecule has 1 aliphatic heterocycles. The lowest BCUT2D eigenvalue weighted by atomic mass is 9.77. The molecule has 0 amide bonds. The van der Waals surface area contributed by atoms with E-state index in [1.54, 1.807) is 12.1 Å². The Balaban J connectivity index is 1.88. The minimum Gasteiger partial charge on any atom is -0.376 e. The molecule has 4 rings (SSSR count). The summed E-state index contributed by atoms with van der Waals surface area (Å²) in [5, 5.41) is 16.4. The zero-order chi connectivity index (χ0) is 18.6. The van der Waals surface area contributed by atoms with Gasteiger partial charge in [-0.2, -0.15) is 0 Å². The van der Waals surface area contributed by atoms with Gasteiger partial charge in [0.25, 0.3) is 5.69 Å². The van der Waals surface area contributed by atoms with E-state index in [0.717, 1.165) is 12.0 Å². The number of fused-ring (bicyclic) bond motifs is 3. The first-order valence-corrected chi connectivity index (χ1v) is 9.44. The largest absolute Gasteiger partial charge is 0.376 e. The van der Waals surface area contributed by atoms with Crippen LogP contribution in [0, 0.1) is 16.0 Å². The Bertz CT molecular complexity index is 961. The molecule has 1 heterocycles. The molecule has 0 spiro atoms. The van der Waals surface area contributed by atoms with E-state index in [-0.39, 0.29) is 23.6 Å². The van der Waals surface area contributed by atoms with E-state index in [1.807, 2.05) is 0 Å². The number of nitrogens with one attached hydrogen (secondary N) is 1. The summed E-state index contributed by atoms with van der Waals surface area (Å²) in [6, 6.07) is 5.84. The highest BCUT2D eigenvalue weighted by Gasteiger charge is 2.41. The second-order valence-corrected chi connectivity index (χ2v) is 7.98. The Hall–Kier alpha value is -1.46. The number of hydrogen-bond acceptors (Lipinski definition) is 3. The summed E-state index contributed by atoms with van der Waals surface area (Å²) >= 11 is 25.5. The lowest BCUT2D eigenvalue weighted by Gasteiger charge is -2.38. The number of hydrogen-bond donors (Lipinski definition) is 1. The molecular formula is C18H12Cl4N2O2. The van der Waals surface area contributed by atoms with Gasteiger partial charge in [0.1, 0.15) is 0 Å². The monoisotopic (exact) mass is 428 g/mol. The molecule has 4 nitrogen and oxygen atoms in total. The number of halogens is 4. The number of non-ortho nitro benzene ring substituents is 1. The van der Waals surface area contributed by atoms with Crippen molar-refractivity contribution < 1.29 is 4.92 Å². The third kappa shape index (κ3) is 2.76. The van der Waals surface area contributed by atoms with Crippen LogP contribution in [-0.2, 0) is 0 Å². The standard InChI is InChI=1S/C18H12Cl4N2O2/c19-12-5-4-8(24(25)26)6-11(12)17-10-3-1-2-9(10)15-16(22)13(20)7-14(21)18(15)23-17/h1-2,4-7,9-10,17,23H,3H2/t9-,10+,17-/m1/s1. The number of nitro groups is 1. The molecule has 1 N–H and O–H groups in total. The molecule has 3 atom stereocenters. The first-order chi connectivity index (χ1) is 12.4. The average molecular weight is 430 g/mol. The molecule has 0 fully saturated rings. The third-order valence-electron chi connectivity index (χ3n) is 5.01. The number of anilines is 1. The molecule has 0 radical (unpaired) electrons. The van der Waals surface area contributed by atoms with Crippen LogP contribution >= 0.6 is 46.4 Å². The third-order valence-corrected chi connectivity index (χ3v) is 6.45. The molecule has 0 saturated carbocycles. The van der Waals surface area contributed by atoms with Crippen LogP contribution in [0.25, 0.3) is 0 Å². The summed E-state index contributed by atoms with van der Waals surface area (Å²) in [5.41, 5.74) is 2.23. The fourth-order valence-electron chi connectivity index (χ4n) is 3.85. The van der Waals surface area contributed by atoms with Gasteiger partial charge < -0.3 is 5.32 Å². The smallest absolute Gasteiger partial charge is 0.269 e. The topological polar surface area (TPSA) is 55.2 Å². The highest BCUT2D eigenvalue weighted by atomic mass is 35.5. The fraction of sp³-hybridized carbons (Fsp3) is 0.222. The summed E-state index contributed by atoms with van der Waals surface area (Å²) in [5.74, 6) is 0.115. The zero-order valence-electron chi connectivity index (χ0n) is 13.2. The normalized spacial score (nSPS) is 23.3. The van der Waals surface area contributed by atoms with Gasteiger partial charge in [-0.1, -0.05) is 58.6 Å². The molecule has 2 aromatic rings. The second kappa shape index (κ2) is 6.61. The average Bonchev–Trinajstić information content (AvgIpc) is 3.08. The van der Waals surface area contributed by atoms with E-state index in [2.05, 4.69) is 17.5 Å². The first kappa shape index (κ1) is 17.9. The maximum Gasteiger partial charge on any atom is 0.269 e. The van der Waals surface area contributed by atoms with Crippen molar-refractivity contribution in [3.8, 4) is 0 Å². The molecular weight excluding hydrogens is 418 g/mol. The summed E-state index contributed by atoms with van der Waals surface area (Å²) in [4.78, 5) is 10.8. The van der Waals surface area contributed by atoms with Crippen molar-refractivity contribution in [3.63, 3.8) is 0 Å². The Kier molecular flexibility index (Phi) is 4.56. The van der Waals surface area contributed by atoms with Crippen LogP contribution in [0.5, 0.6) is 0 Å². The predicted molar refractivity (Wildman–Crippen MR) is 106 cm³/mol. The van der Waals surface area contributed by atoms with Crippen molar-refractivity contribution in [2.24, 2.45) is 5.92 Å². The molecule has 1 aliphatic carbocycles. The van der Waals surface area contributed by atoms with Crippen LogP contribution in [0.1, 0.15) is 29.5 Å². The number of rotatable bonds is 2. The van der Waals surface area contributed by atoms with E-state index < -0.39 is 4.92 Å². The van der Waals surface area contributed by atoms with Gasteiger partial charge in [-0.25, -0.2) is 0 Å². The summed E-state index contributed by atoms with van der Waals surface area (Å²) in [6.45, 7) is 0. The Morgan fingerprint density at radius 3 is 2.58 bits per heavy atom. The van der Waals surface area contributed by atoms with Crippen molar-refractivity contribution in [2.45, 2.75) is 18.4 Å². The van der Waals surface area contributed by atoms with Gasteiger partial charge >= 0.3 is 0 Å². The second-order valence-electron chi connectivity index (χ2n) is 6.38. The fourth-order valence-corrected chi connectivity index (χ4v) is 4.90. The Labute approximate surface area is 169 Å². The minimum atomic E-state index is -0.426. The maximum atomic E-state index is 11.2. The SMILES string of the molecule is O=[N+]([O-])c1ccc(Cl)c([C@@H]2Nc3c(Cl)cc(Cl)c(Cl)c3[C@@H]3C=CC[C@@H]32)c1. The molecule has 0 bridgehead atoms. The van der Waals surface area contributed by atoms with Gasteiger partial charge in [0, 0.05) is 34.2 Å². The van der Waals surface area contributed by atoms with E-state index in [0.29, 0.717) is 31.3 Å². The summed E-state index contributed by atoms with van der Waals surface area (Å²) < 4.78 is 0. The van der Waals surface area contributed by atoms with Gasteiger partial charge in [-0.3, -0.25) is 10.1 Å². The maximum absolute atomic E-state index is 11.2. The number of allylic oxidation sites excluding steroid dienone is 2. The van der Waals surface area contributed by atoms with Crippen LogP contribution in [0.3, 0.4) is 0 Å². The van der Waals surface area contributed by atoms with E-state index in [9.17, 15) is 10.1 Å². The van der Waals surface area contributed by atoms with E-state index in [1.165, 1.54) is 12.1 Å². The van der Waals surface area contributed by atoms with Crippen LogP contribution in [0.4, 0.5) is 11.4 Å². The van der Waals surface area contributed by atoms with Crippen molar-refractivity contribution in [1.29, 1.82) is 0 Å². The van der Waals surface area contributed by atoms with Crippen LogP contribution in [0.15, 0.2) is 36.4 Å². The predicted octanol–water partition coefficient (Wildman–Crippen LogP) is 7.03. The quantitative estimate of drug-likeness (QED) is 0.241. The number of nitro benzene ring substituents is 1. The molecule has 0 unspecified atom stereocenters. The van der Waals surface area contributed by atoms with Crippen LogP contribution in [0.2, 0.25) is 20.1 Å². The number of nitrogens with zero attached hydrogens (tertiary/aromatic N) is 1. The van der Waals surface area contributed by atoms with Crippen LogP contribution < -0.4 is 5.32 Å². The van der Waals surface area contributed by atoms with Crippen molar-refractivity contribution in [1.82, 2.24) is 0 Å². The molecule has 8 heteroatoms. The lowest BCUT2D eigenvalue weighted by Crippen LogP contribution is -2.30. The van der Waals surface area contributed by atoms with Crippen molar-refractivity contribution in [3.05, 3.63) is 77.7 Å². The zero-order valence-corrected chi connectivity index (χ0v) is 16.2. The summed E-state index contributed by atoms with van der Waals surface area (Å²) in [6.07, 6.45) is 4.96. The molecule has 134 valence electrons.